The van der Waals surface area contributed by atoms with E-state index in [1.807, 2.05) is 0 Å². The van der Waals surface area contributed by atoms with Crippen LogP contribution in [0.25, 0.3) is 0 Å². The number of carbonyl (C=O) groups is 2. The second-order valence-electron chi connectivity index (χ2n) is 3.14. The lowest BCUT2D eigenvalue weighted by Gasteiger charge is -2.04. The Morgan fingerprint density at radius 1 is 1.59 bits per heavy atom. The minimum atomic E-state index is -0.948. The van der Waals surface area contributed by atoms with Crippen molar-refractivity contribution in [3.8, 4) is 0 Å². The van der Waals surface area contributed by atoms with Gasteiger partial charge in [0.1, 0.15) is 5.82 Å². The quantitative estimate of drug-likeness (QED) is 0.343. The molecule has 0 aromatic heterocycles. The number of benzene rings is 1. The van der Waals surface area contributed by atoms with Crippen molar-refractivity contribution in [1.82, 2.24) is 0 Å². The van der Waals surface area contributed by atoms with E-state index in [1.54, 1.807) is 0 Å². The molecule has 6 nitrogen and oxygen atoms in total. The van der Waals surface area contributed by atoms with E-state index in [2.05, 4.69) is 4.74 Å². The number of halogens is 1. The summed E-state index contributed by atoms with van der Waals surface area (Å²) in [5.41, 5.74) is -1.15. The van der Waals surface area contributed by atoms with Gasteiger partial charge in [-0.05, 0) is 0 Å². The van der Waals surface area contributed by atoms with Crippen LogP contribution >= 0.6 is 0 Å². The van der Waals surface area contributed by atoms with Crippen molar-refractivity contribution >= 4 is 17.9 Å². The molecule has 0 aliphatic heterocycles. The first-order valence-electron chi connectivity index (χ1n) is 4.48. The van der Waals surface area contributed by atoms with Crippen LogP contribution in [0.4, 0.5) is 10.1 Å². The SMILES string of the molecule is COC(=O)Cc1cc([N+](=O)[O-])cc(C=O)c1F. The topological polar surface area (TPSA) is 86.5 Å². The number of nitro groups is 1. The summed E-state index contributed by atoms with van der Waals surface area (Å²) in [5, 5.41) is 10.5. The number of hydrogen-bond acceptors (Lipinski definition) is 5. The van der Waals surface area contributed by atoms with Gasteiger partial charge in [-0.3, -0.25) is 19.7 Å². The van der Waals surface area contributed by atoms with Gasteiger partial charge in [0.25, 0.3) is 5.69 Å². The second kappa shape index (κ2) is 5.15. The van der Waals surface area contributed by atoms with Gasteiger partial charge in [0.2, 0.25) is 0 Å². The highest BCUT2D eigenvalue weighted by Crippen LogP contribution is 2.21. The zero-order chi connectivity index (χ0) is 13.0. The van der Waals surface area contributed by atoms with Gasteiger partial charge in [-0.15, -0.1) is 0 Å². The van der Waals surface area contributed by atoms with Crippen molar-refractivity contribution in [3.05, 3.63) is 39.2 Å². The van der Waals surface area contributed by atoms with Gasteiger partial charge in [0, 0.05) is 17.7 Å². The molecular weight excluding hydrogens is 233 g/mol. The third kappa shape index (κ3) is 2.83. The Kier molecular flexibility index (Phi) is 3.86. The van der Waals surface area contributed by atoms with E-state index >= 15 is 0 Å². The summed E-state index contributed by atoms with van der Waals surface area (Å²) >= 11 is 0. The maximum Gasteiger partial charge on any atom is 0.310 e. The van der Waals surface area contributed by atoms with E-state index in [0.717, 1.165) is 19.2 Å². The Morgan fingerprint density at radius 2 is 2.24 bits per heavy atom. The molecule has 1 aromatic carbocycles. The molecule has 0 unspecified atom stereocenters. The molecule has 1 aromatic rings. The fourth-order valence-corrected chi connectivity index (χ4v) is 1.24. The van der Waals surface area contributed by atoms with Crippen LogP contribution in [0.3, 0.4) is 0 Å². The number of rotatable bonds is 4. The number of aldehydes is 1. The normalized spacial score (nSPS) is 9.76. The highest BCUT2D eigenvalue weighted by molar-refractivity contribution is 5.79. The van der Waals surface area contributed by atoms with Gasteiger partial charge in [0.15, 0.2) is 6.29 Å². The number of ether oxygens (including phenoxy) is 1. The fourth-order valence-electron chi connectivity index (χ4n) is 1.24. The molecule has 0 atom stereocenters. The van der Waals surface area contributed by atoms with Crippen molar-refractivity contribution in [2.75, 3.05) is 7.11 Å². The summed E-state index contributed by atoms with van der Waals surface area (Å²) in [4.78, 5) is 31.3. The van der Waals surface area contributed by atoms with Crippen LogP contribution in [0.15, 0.2) is 12.1 Å². The minimum Gasteiger partial charge on any atom is -0.469 e. The van der Waals surface area contributed by atoms with Gasteiger partial charge < -0.3 is 4.74 Å². The number of nitro benzene ring substituents is 1. The van der Waals surface area contributed by atoms with Crippen LogP contribution < -0.4 is 0 Å². The van der Waals surface area contributed by atoms with Gasteiger partial charge in [-0.2, -0.15) is 0 Å². The van der Waals surface area contributed by atoms with Crippen molar-refractivity contribution < 1.29 is 23.6 Å². The molecular formula is C10H8FNO5. The molecule has 0 fully saturated rings. The maximum absolute atomic E-state index is 13.6. The summed E-state index contributed by atoms with van der Waals surface area (Å²) < 4.78 is 17.9. The van der Waals surface area contributed by atoms with Crippen LogP contribution in [0, 0.1) is 15.9 Å². The minimum absolute atomic E-state index is 0.156. The Bertz CT molecular complexity index is 486. The molecule has 0 spiro atoms. The number of hydrogen-bond donors (Lipinski definition) is 0. The van der Waals surface area contributed by atoms with E-state index < -0.39 is 34.4 Å². The van der Waals surface area contributed by atoms with E-state index in [-0.39, 0.29) is 11.8 Å². The standard InChI is InChI=1S/C10H8FNO5/c1-17-9(14)4-6-2-8(12(15)16)3-7(5-13)10(6)11/h2-3,5H,4H2,1H3. The third-order valence-electron chi connectivity index (χ3n) is 2.06. The molecule has 7 heteroatoms. The summed E-state index contributed by atoms with van der Waals surface area (Å²) in [6, 6.07) is 1.71. The van der Waals surface area contributed by atoms with Crippen LogP contribution in [-0.2, 0) is 16.0 Å². The first kappa shape index (κ1) is 12.8. The highest BCUT2D eigenvalue weighted by Gasteiger charge is 2.18. The summed E-state index contributed by atoms with van der Waals surface area (Å²) in [7, 11) is 1.11. The van der Waals surface area contributed by atoms with E-state index in [4.69, 9.17) is 0 Å². The predicted molar refractivity (Wildman–Crippen MR) is 54.2 cm³/mol. The molecule has 17 heavy (non-hydrogen) atoms. The highest BCUT2D eigenvalue weighted by atomic mass is 19.1. The largest absolute Gasteiger partial charge is 0.469 e. The summed E-state index contributed by atoms with van der Waals surface area (Å²) in [5.74, 6) is -1.70. The Balaban J connectivity index is 3.27. The van der Waals surface area contributed by atoms with Crippen LogP contribution in [0.1, 0.15) is 15.9 Å². The molecule has 0 heterocycles. The lowest BCUT2D eigenvalue weighted by Crippen LogP contribution is -2.08. The average molecular weight is 241 g/mol. The predicted octanol–water partition coefficient (Wildman–Crippen LogP) is 1.26. The molecule has 0 aliphatic rings. The molecule has 90 valence electrons. The van der Waals surface area contributed by atoms with Crippen molar-refractivity contribution in [2.24, 2.45) is 0 Å². The summed E-state index contributed by atoms with van der Waals surface area (Å²) in [6.07, 6.45) is -0.312. The molecule has 0 saturated heterocycles. The molecule has 0 saturated carbocycles. The molecule has 0 bridgehead atoms. The van der Waals surface area contributed by atoms with Crippen LogP contribution in [-0.4, -0.2) is 24.3 Å². The Labute approximate surface area is 95.1 Å². The molecule has 0 aliphatic carbocycles. The third-order valence-corrected chi connectivity index (χ3v) is 2.06. The van der Waals surface area contributed by atoms with Gasteiger partial charge in [0.05, 0.1) is 24.0 Å². The zero-order valence-electron chi connectivity index (χ0n) is 8.81. The number of nitrogens with zero attached hydrogens (tertiary/aromatic N) is 1. The number of esters is 1. The fraction of sp³-hybridized carbons (Fsp3) is 0.200. The Morgan fingerprint density at radius 3 is 2.71 bits per heavy atom. The number of methoxy groups -OCH3 is 1. The Hall–Kier alpha value is -2.31. The molecule has 0 amide bonds. The van der Waals surface area contributed by atoms with Gasteiger partial charge in [-0.25, -0.2) is 4.39 Å². The first-order chi connectivity index (χ1) is 7.99. The molecule has 0 radical (unpaired) electrons. The van der Waals surface area contributed by atoms with Crippen molar-refractivity contribution in [1.29, 1.82) is 0 Å². The molecule has 1 rings (SSSR count). The van der Waals surface area contributed by atoms with Crippen LogP contribution in [0.5, 0.6) is 0 Å². The van der Waals surface area contributed by atoms with E-state index in [0.29, 0.717) is 0 Å². The zero-order valence-corrected chi connectivity index (χ0v) is 8.81. The number of non-ortho nitro benzene ring substituents is 1. The number of carbonyl (C=O) groups excluding carboxylic acids is 2. The van der Waals surface area contributed by atoms with Crippen molar-refractivity contribution in [2.45, 2.75) is 6.42 Å². The van der Waals surface area contributed by atoms with E-state index in [1.165, 1.54) is 0 Å². The first-order valence-corrected chi connectivity index (χ1v) is 4.48. The second-order valence-corrected chi connectivity index (χ2v) is 3.14. The van der Waals surface area contributed by atoms with Gasteiger partial charge in [-0.1, -0.05) is 0 Å². The average Bonchev–Trinajstić information content (AvgIpc) is 2.31. The van der Waals surface area contributed by atoms with Gasteiger partial charge >= 0.3 is 5.97 Å². The molecule has 0 N–H and O–H groups in total. The van der Waals surface area contributed by atoms with Crippen LogP contribution in [0.2, 0.25) is 0 Å². The van der Waals surface area contributed by atoms with E-state index in [9.17, 15) is 24.1 Å². The summed E-state index contributed by atoms with van der Waals surface area (Å²) in [6.45, 7) is 0. The maximum atomic E-state index is 13.6. The smallest absolute Gasteiger partial charge is 0.310 e. The lowest BCUT2D eigenvalue weighted by atomic mass is 10.1. The lowest BCUT2D eigenvalue weighted by molar-refractivity contribution is -0.385. The van der Waals surface area contributed by atoms with Crippen molar-refractivity contribution in [3.63, 3.8) is 0 Å². The monoisotopic (exact) mass is 241 g/mol.